The quantitative estimate of drug-likeness (QED) is 0.711. The topological polar surface area (TPSA) is 45.8 Å². The molecular formula is C6H4Cl3FN2O. The SMILES string of the molecule is Cc1nc(C(Cl)(Cl)Cl)[nH]c(=O)c1F. The van der Waals surface area contributed by atoms with E-state index < -0.39 is 15.2 Å². The molecule has 0 atom stereocenters. The highest BCUT2D eigenvalue weighted by Crippen LogP contribution is 2.35. The molecule has 0 aliphatic heterocycles. The molecule has 72 valence electrons. The zero-order valence-corrected chi connectivity index (χ0v) is 8.64. The van der Waals surface area contributed by atoms with E-state index in [-0.39, 0.29) is 11.5 Å². The molecule has 13 heavy (non-hydrogen) atoms. The smallest absolute Gasteiger partial charge is 0.287 e. The van der Waals surface area contributed by atoms with Crippen molar-refractivity contribution in [2.75, 3.05) is 0 Å². The second-order valence-electron chi connectivity index (χ2n) is 2.31. The minimum atomic E-state index is -1.85. The molecule has 0 aromatic carbocycles. The molecule has 1 rings (SSSR count). The number of nitrogens with one attached hydrogen (secondary N) is 1. The summed E-state index contributed by atoms with van der Waals surface area (Å²) < 4.78 is 10.9. The molecule has 3 nitrogen and oxygen atoms in total. The van der Waals surface area contributed by atoms with E-state index in [9.17, 15) is 9.18 Å². The summed E-state index contributed by atoms with van der Waals surface area (Å²) in [5.74, 6) is -1.17. The summed E-state index contributed by atoms with van der Waals surface area (Å²) in [6.45, 7) is 1.31. The van der Waals surface area contributed by atoms with Crippen molar-refractivity contribution in [3.8, 4) is 0 Å². The van der Waals surface area contributed by atoms with Crippen LogP contribution in [0.1, 0.15) is 11.5 Å². The predicted molar refractivity (Wildman–Crippen MR) is 48.8 cm³/mol. The molecule has 1 N–H and O–H groups in total. The Morgan fingerprint density at radius 2 is 2.00 bits per heavy atom. The van der Waals surface area contributed by atoms with E-state index in [0.29, 0.717) is 0 Å². The second kappa shape index (κ2) is 3.44. The lowest BCUT2D eigenvalue weighted by molar-refractivity contribution is 0.582. The van der Waals surface area contributed by atoms with Crippen molar-refractivity contribution in [2.45, 2.75) is 10.7 Å². The number of alkyl halides is 3. The summed E-state index contributed by atoms with van der Waals surface area (Å²) in [6.07, 6.45) is 0. The molecule has 1 heterocycles. The molecule has 1 aromatic rings. The lowest BCUT2D eigenvalue weighted by Crippen LogP contribution is -2.21. The number of rotatable bonds is 0. The number of H-pyrrole nitrogens is 1. The van der Waals surface area contributed by atoms with Crippen LogP contribution in [0.2, 0.25) is 0 Å². The molecular weight excluding hydrogens is 241 g/mol. The van der Waals surface area contributed by atoms with Gasteiger partial charge in [-0.2, -0.15) is 4.39 Å². The summed E-state index contributed by atoms with van der Waals surface area (Å²) >= 11 is 16.3. The van der Waals surface area contributed by atoms with Gasteiger partial charge in [-0.15, -0.1) is 0 Å². The number of nitrogens with zero attached hydrogens (tertiary/aromatic N) is 1. The van der Waals surface area contributed by atoms with Crippen LogP contribution in [0.3, 0.4) is 0 Å². The van der Waals surface area contributed by atoms with Crippen molar-refractivity contribution in [3.63, 3.8) is 0 Å². The van der Waals surface area contributed by atoms with Crippen LogP contribution in [0.4, 0.5) is 4.39 Å². The molecule has 0 aliphatic carbocycles. The highest BCUT2D eigenvalue weighted by Gasteiger charge is 2.27. The van der Waals surface area contributed by atoms with Crippen LogP contribution in [-0.2, 0) is 3.79 Å². The van der Waals surface area contributed by atoms with Crippen LogP contribution in [0.5, 0.6) is 0 Å². The molecule has 7 heteroatoms. The molecule has 0 radical (unpaired) electrons. The Labute approximate surface area is 87.8 Å². The Balaban J connectivity index is 3.38. The summed E-state index contributed by atoms with van der Waals surface area (Å²) in [4.78, 5) is 16.5. The van der Waals surface area contributed by atoms with E-state index in [1.165, 1.54) is 6.92 Å². The fourth-order valence-electron chi connectivity index (χ4n) is 0.706. The van der Waals surface area contributed by atoms with Gasteiger partial charge in [0.25, 0.3) is 5.56 Å². The van der Waals surface area contributed by atoms with Gasteiger partial charge in [-0.05, 0) is 6.92 Å². The Bertz CT molecular complexity index is 384. The molecule has 0 fully saturated rings. The van der Waals surface area contributed by atoms with Crippen LogP contribution < -0.4 is 5.56 Å². The highest BCUT2D eigenvalue weighted by atomic mass is 35.6. The van der Waals surface area contributed by atoms with E-state index in [2.05, 4.69) is 4.98 Å². The van der Waals surface area contributed by atoms with E-state index in [1.807, 2.05) is 4.98 Å². The van der Waals surface area contributed by atoms with Gasteiger partial charge in [0.05, 0.1) is 5.69 Å². The van der Waals surface area contributed by atoms with Crippen LogP contribution >= 0.6 is 34.8 Å². The third-order valence-electron chi connectivity index (χ3n) is 1.30. The summed E-state index contributed by atoms with van der Waals surface area (Å²) in [7, 11) is 0. The molecule has 0 saturated carbocycles. The number of aromatic amines is 1. The van der Waals surface area contributed by atoms with Crippen molar-refractivity contribution in [1.82, 2.24) is 9.97 Å². The second-order valence-corrected chi connectivity index (χ2v) is 4.59. The summed E-state index contributed by atoms with van der Waals surface area (Å²) in [5, 5.41) is 0. The maximum atomic E-state index is 12.8. The Morgan fingerprint density at radius 1 is 1.46 bits per heavy atom. The maximum Gasteiger partial charge on any atom is 0.287 e. The molecule has 0 bridgehead atoms. The maximum absolute atomic E-state index is 12.8. The van der Waals surface area contributed by atoms with E-state index in [4.69, 9.17) is 34.8 Å². The van der Waals surface area contributed by atoms with Gasteiger partial charge in [-0.25, -0.2) is 4.98 Å². The van der Waals surface area contributed by atoms with Crippen molar-refractivity contribution in [1.29, 1.82) is 0 Å². The molecule has 0 spiro atoms. The number of aryl methyl sites for hydroxylation is 1. The molecule has 0 aliphatic rings. The Morgan fingerprint density at radius 3 is 2.38 bits per heavy atom. The minimum absolute atomic E-state index is 0.106. The van der Waals surface area contributed by atoms with Gasteiger partial charge in [0.2, 0.25) is 9.61 Å². The van der Waals surface area contributed by atoms with Gasteiger partial charge in [0.1, 0.15) is 0 Å². The fraction of sp³-hybridized carbons (Fsp3) is 0.333. The van der Waals surface area contributed by atoms with Crippen molar-refractivity contribution in [2.24, 2.45) is 0 Å². The first kappa shape index (κ1) is 10.8. The largest absolute Gasteiger partial charge is 0.304 e. The number of hydrogen-bond acceptors (Lipinski definition) is 2. The molecule has 1 aromatic heterocycles. The average molecular weight is 245 g/mol. The molecule has 0 saturated heterocycles. The number of halogens is 4. The summed E-state index contributed by atoms with van der Waals surface area (Å²) in [5.41, 5.74) is -1.06. The monoisotopic (exact) mass is 244 g/mol. The van der Waals surface area contributed by atoms with Gasteiger partial charge >= 0.3 is 0 Å². The first-order valence-corrected chi connectivity index (χ1v) is 4.29. The Hall–Kier alpha value is -0.320. The van der Waals surface area contributed by atoms with Crippen molar-refractivity contribution < 1.29 is 4.39 Å². The zero-order valence-electron chi connectivity index (χ0n) is 6.37. The van der Waals surface area contributed by atoms with E-state index in [1.54, 1.807) is 0 Å². The molecule has 0 unspecified atom stereocenters. The first-order chi connectivity index (χ1) is 5.82. The minimum Gasteiger partial charge on any atom is -0.304 e. The average Bonchev–Trinajstić information content (AvgIpc) is 1.97. The van der Waals surface area contributed by atoms with Crippen molar-refractivity contribution >= 4 is 34.8 Å². The standard InChI is InChI=1S/C6H4Cl3FN2O/c1-2-3(10)4(13)12-5(11-2)6(7,8)9/h1H3,(H,11,12,13). The normalized spacial score (nSPS) is 11.8. The summed E-state index contributed by atoms with van der Waals surface area (Å²) in [6, 6.07) is 0. The van der Waals surface area contributed by atoms with Crippen LogP contribution in [-0.4, -0.2) is 9.97 Å². The Kier molecular flexibility index (Phi) is 2.85. The van der Waals surface area contributed by atoms with E-state index >= 15 is 0 Å². The molecule has 0 amide bonds. The van der Waals surface area contributed by atoms with Gasteiger partial charge < -0.3 is 4.98 Å². The van der Waals surface area contributed by atoms with Crippen molar-refractivity contribution in [3.05, 3.63) is 27.7 Å². The fourth-order valence-corrected chi connectivity index (χ4v) is 0.974. The third-order valence-corrected chi connectivity index (χ3v) is 1.83. The van der Waals surface area contributed by atoms with Gasteiger partial charge in [-0.3, -0.25) is 4.79 Å². The predicted octanol–water partition coefficient (Wildman–Crippen LogP) is 2.04. The highest BCUT2D eigenvalue weighted by molar-refractivity contribution is 6.66. The number of hydrogen-bond donors (Lipinski definition) is 1. The van der Waals surface area contributed by atoms with E-state index in [0.717, 1.165) is 0 Å². The van der Waals surface area contributed by atoms with Gasteiger partial charge in [0, 0.05) is 0 Å². The first-order valence-electron chi connectivity index (χ1n) is 3.16. The lowest BCUT2D eigenvalue weighted by Gasteiger charge is -2.09. The lowest BCUT2D eigenvalue weighted by atomic mass is 10.4. The third kappa shape index (κ3) is 2.33. The van der Waals surface area contributed by atoms with Crippen LogP contribution in [0.15, 0.2) is 4.79 Å². The zero-order chi connectivity index (χ0) is 10.2. The van der Waals surface area contributed by atoms with Crippen LogP contribution in [0, 0.1) is 12.7 Å². The van der Waals surface area contributed by atoms with Gasteiger partial charge in [-0.1, -0.05) is 34.8 Å². The van der Waals surface area contributed by atoms with Crippen LogP contribution in [0.25, 0.3) is 0 Å². The number of aromatic nitrogens is 2. The van der Waals surface area contributed by atoms with Gasteiger partial charge in [0.15, 0.2) is 5.82 Å².